The standard InChI is InChI=1S/C15H24N2O4/c1-10(2)7-13(15(19)20)16-8-14(18)17(4)9-12-6-5-11(3)21-12/h5-6,10,13,16H,7-9H2,1-4H3,(H,19,20). The number of aliphatic carboxylic acids is 1. The van der Waals surface area contributed by atoms with Gasteiger partial charge >= 0.3 is 5.97 Å². The summed E-state index contributed by atoms with van der Waals surface area (Å²) in [6.45, 7) is 6.11. The lowest BCUT2D eigenvalue weighted by atomic mass is 10.0. The van der Waals surface area contributed by atoms with E-state index < -0.39 is 12.0 Å². The molecule has 1 aromatic heterocycles. The van der Waals surface area contributed by atoms with Crippen LogP contribution in [0.1, 0.15) is 31.8 Å². The molecule has 0 radical (unpaired) electrons. The fourth-order valence-electron chi connectivity index (χ4n) is 1.98. The topological polar surface area (TPSA) is 82.8 Å². The minimum atomic E-state index is -0.930. The van der Waals surface area contributed by atoms with Gasteiger partial charge in [0, 0.05) is 7.05 Å². The minimum Gasteiger partial charge on any atom is -0.480 e. The molecule has 0 aliphatic carbocycles. The van der Waals surface area contributed by atoms with Crippen LogP contribution in [0, 0.1) is 12.8 Å². The number of amides is 1. The lowest BCUT2D eigenvalue weighted by Crippen LogP contribution is -2.44. The van der Waals surface area contributed by atoms with Gasteiger partial charge in [-0.05, 0) is 31.4 Å². The highest BCUT2D eigenvalue weighted by atomic mass is 16.4. The van der Waals surface area contributed by atoms with E-state index in [1.807, 2.05) is 32.9 Å². The molecule has 0 spiro atoms. The number of carboxylic acids is 1. The second kappa shape index (κ2) is 7.83. The van der Waals surface area contributed by atoms with Crippen molar-refractivity contribution in [3.8, 4) is 0 Å². The maximum absolute atomic E-state index is 12.0. The van der Waals surface area contributed by atoms with Gasteiger partial charge < -0.3 is 14.4 Å². The Hall–Kier alpha value is -1.82. The van der Waals surface area contributed by atoms with Gasteiger partial charge in [0.05, 0.1) is 13.1 Å². The fraction of sp³-hybridized carbons (Fsp3) is 0.600. The van der Waals surface area contributed by atoms with Gasteiger partial charge in [0.15, 0.2) is 0 Å². The lowest BCUT2D eigenvalue weighted by Gasteiger charge is -2.19. The van der Waals surface area contributed by atoms with E-state index in [-0.39, 0.29) is 18.4 Å². The Morgan fingerprint density at radius 1 is 1.38 bits per heavy atom. The fourth-order valence-corrected chi connectivity index (χ4v) is 1.98. The molecule has 1 amide bonds. The molecule has 1 rings (SSSR count). The summed E-state index contributed by atoms with van der Waals surface area (Å²) in [7, 11) is 1.67. The number of nitrogens with one attached hydrogen (secondary N) is 1. The Balaban J connectivity index is 2.45. The molecule has 0 aliphatic heterocycles. The van der Waals surface area contributed by atoms with Gasteiger partial charge in [-0.15, -0.1) is 0 Å². The molecule has 0 fully saturated rings. The van der Waals surface area contributed by atoms with Crippen LogP contribution in [-0.2, 0) is 16.1 Å². The molecule has 1 unspecified atom stereocenters. The maximum atomic E-state index is 12.0. The zero-order chi connectivity index (χ0) is 16.0. The third kappa shape index (κ3) is 5.99. The zero-order valence-corrected chi connectivity index (χ0v) is 13.0. The highest BCUT2D eigenvalue weighted by Gasteiger charge is 2.20. The average molecular weight is 296 g/mol. The highest BCUT2D eigenvalue weighted by Crippen LogP contribution is 2.09. The number of carbonyl (C=O) groups is 2. The van der Waals surface area contributed by atoms with Crippen LogP contribution >= 0.6 is 0 Å². The molecule has 0 saturated heterocycles. The van der Waals surface area contributed by atoms with Crippen LogP contribution < -0.4 is 5.32 Å². The normalized spacial score (nSPS) is 12.4. The van der Waals surface area contributed by atoms with Crippen molar-refractivity contribution in [1.82, 2.24) is 10.2 Å². The Morgan fingerprint density at radius 3 is 2.52 bits per heavy atom. The number of rotatable bonds is 8. The molecule has 118 valence electrons. The SMILES string of the molecule is Cc1ccc(CN(C)C(=O)CNC(CC(C)C)C(=O)O)o1. The molecule has 6 nitrogen and oxygen atoms in total. The molecule has 21 heavy (non-hydrogen) atoms. The monoisotopic (exact) mass is 296 g/mol. The number of nitrogens with zero attached hydrogens (tertiary/aromatic N) is 1. The number of aryl methyl sites for hydroxylation is 1. The van der Waals surface area contributed by atoms with Gasteiger partial charge in [-0.3, -0.25) is 14.9 Å². The maximum Gasteiger partial charge on any atom is 0.320 e. The molecule has 0 saturated carbocycles. The van der Waals surface area contributed by atoms with Crippen LogP contribution in [0.3, 0.4) is 0 Å². The van der Waals surface area contributed by atoms with Gasteiger partial charge in [-0.1, -0.05) is 13.8 Å². The van der Waals surface area contributed by atoms with E-state index in [4.69, 9.17) is 9.52 Å². The summed E-state index contributed by atoms with van der Waals surface area (Å²) in [6.07, 6.45) is 0.490. The molecular weight excluding hydrogens is 272 g/mol. The van der Waals surface area contributed by atoms with Crippen molar-refractivity contribution in [2.75, 3.05) is 13.6 Å². The lowest BCUT2D eigenvalue weighted by molar-refractivity contribution is -0.140. The molecule has 0 aliphatic rings. The molecule has 1 heterocycles. The predicted molar refractivity (Wildman–Crippen MR) is 78.8 cm³/mol. The summed E-state index contributed by atoms with van der Waals surface area (Å²) in [5, 5.41) is 11.9. The van der Waals surface area contributed by atoms with Crippen molar-refractivity contribution in [1.29, 1.82) is 0 Å². The van der Waals surface area contributed by atoms with Crippen LogP contribution in [0.4, 0.5) is 0 Å². The summed E-state index contributed by atoms with van der Waals surface area (Å²) in [6, 6.07) is 2.97. The van der Waals surface area contributed by atoms with Crippen molar-refractivity contribution in [3.05, 3.63) is 23.7 Å². The third-order valence-corrected chi connectivity index (χ3v) is 3.12. The smallest absolute Gasteiger partial charge is 0.320 e. The van der Waals surface area contributed by atoms with Gasteiger partial charge in [0.1, 0.15) is 17.6 Å². The first-order chi connectivity index (χ1) is 9.79. The molecule has 0 bridgehead atoms. The number of likely N-dealkylation sites (N-methyl/N-ethyl adjacent to an activating group) is 1. The summed E-state index contributed by atoms with van der Waals surface area (Å²) in [4.78, 5) is 24.6. The van der Waals surface area contributed by atoms with Crippen molar-refractivity contribution in [2.45, 2.75) is 39.8 Å². The van der Waals surface area contributed by atoms with E-state index >= 15 is 0 Å². The van der Waals surface area contributed by atoms with Crippen LogP contribution in [0.5, 0.6) is 0 Å². The molecule has 6 heteroatoms. The summed E-state index contributed by atoms with van der Waals surface area (Å²) < 4.78 is 5.41. The first-order valence-electron chi connectivity index (χ1n) is 7.05. The van der Waals surface area contributed by atoms with Crippen LogP contribution in [0.25, 0.3) is 0 Å². The van der Waals surface area contributed by atoms with Gasteiger partial charge in [0.25, 0.3) is 0 Å². The van der Waals surface area contributed by atoms with Crippen molar-refractivity contribution < 1.29 is 19.1 Å². The first kappa shape index (κ1) is 17.2. The molecule has 1 atom stereocenters. The highest BCUT2D eigenvalue weighted by molar-refractivity contribution is 5.79. The second-order valence-electron chi connectivity index (χ2n) is 5.66. The van der Waals surface area contributed by atoms with E-state index in [1.54, 1.807) is 7.05 Å². The molecule has 2 N–H and O–H groups in total. The summed E-state index contributed by atoms with van der Waals surface area (Å²) in [5.74, 6) is 0.657. The zero-order valence-electron chi connectivity index (χ0n) is 13.0. The van der Waals surface area contributed by atoms with Crippen LogP contribution in [0.15, 0.2) is 16.5 Å². The number of hydrogen-bond donors (Lipinski definition) is 2. The number of hydrogen-bond acceptors (Lipinski definition) is 4. The molecule has 0 aromatic carbocycles. The van der Waals surface area contributed by atoms with Crippen molar-refractivity contribution in [2.24, 2.45) is 5.92 Å². The first-order valence-corrected chi connectivity index (χ1v) is 7.05. The Kier molecular flexibility index (Phi) is 6.42. The predicted octanol–water partition coefficient (Wildman–Crippen LogP) is 1.64. The average Bonchev–Trinajstić information content (AvgIpc) is 2.78. The van der Waals surface area contributed by atoms with E-state index in [2.05, 4.69) is 5.32 Å². The summed E-state index contributed by atoms with van der Waals surface area (Å²) >= 11 is 0. The van der Waals surface area contributed by atoms with Gasteiger partial charge in [-0.25, -0.2) is 0 Å². The van der Waals surface area contributed by atoms with E-state index in [1.165, 1.54) is 4.90 Å². The second-order valence-corrected chi connectivity index (χ2v) is 5.66. The quantitative estimate of drug-likeness (QED) is 0.762. The van der Waals surface area contributed by atoms with E-state index in [0.717, 1.165) is 5.76 Å². The van der Waals surface area contributed by atoms with Gasteiger partial charge in [-0.2, -0.15) is 0 Å². The van der Waals surface area contributed by atoms with Gasteiger partial charge in [0.2, 0.25) is 5.91 Å². The largest absolute Gasteiger partial charge is 0.480 e. The number of carboxylic acid groups (broad SMARTS) is 1. The number of carbonyl (C=O) groups excluding carboxylic acids is 1. The van der Waals surface area contributed by atoms with E-state index in [0.29, 0.717) is 18.7 Å². The van der Waals surface area contributed by atoms with E-state index in [9.17, 15) is 9.59 Å². The Labute approximate surface area is 125 Å². The summed E-state index contributed by atoms with van der Waals surface area (Å²) in [5.41, 5.74) is 0. The Bertz CT molecular complexity index is 482. The molecule has 1 aromatic rings. The third-order valence-electron chi connectivity index (χ3n) is 3.12. The minimum absolute atomic E-state index is 0.000122. The van der Waals surface area contributed by atoms with Crippen molar-refractivity contribution >= 4 is 11.9 Å². The van der Waals surface area contributed by atoms with Crippen molar-refractivity contribution in [3.63, 3.8) is 0 Å². The number of furan rings is 1. The van der Waals surface area contributed by atoms with Crippen LogP contribution in [0.2, 0.25) is 0 Å². The Morgan fingerprint density at radius 2 is 2.05 bits per heavy atom. The van der Waals surface area contributed by atoms with Crippen LogP contribution in [-0.4, -0.2) is 41.5 Å². The molecular formula is C15H24N2O4.